The average molecular weight is 497 g/mol. The van der Waals surface area contributed by atoms with Crippen LogP contribution in [0.4, 0.5) is 13.2 Å². The van der Waals surface area contributed by atoms with Crippen molar-refractivity contribution >= 4 is 0 Å². The van der Waals surface area contributed by atoms with Gasteiger partial charge in [0, 0.05) is 11.5 Å². The van der Waals surface area contributed by atoms with Crippen molar-refractivity contribution in [2.75, 3.05) is 19.8 Å². The van der Waals surface area contributed by atoms with Crippen LogP contribution in [0.2, 0.25) is 0 Å². The smallest absolute Gasteiger partial charge is 0.201 e. The van der Waals surface area contributed by atoms with Gasteiger partial charge in [-0.1, -0.05) is 62.2 Å². The Morgan fingerprint density at radius 1 is 0.861 bits per heavy atom. The highest BCUT2D eigenvalue weighted by molar-refractivity contribution is 5.71. The third kappa shape index (κ3) is 6.00. The molecule has 6 heteroatoms. The number of ether oxygens (including phenoxy) is 3. The van der Waals surface area contributed by atoms with Gasteiger partial charge in [-0.15, -0.1) is 0 Å². The molecule has 0 aliphatic carbocycles. The predicted octanol–water partition coefficient (Wildman–Crippen LogP) is 8.04. The fourth-order valence-corrected chi connectivity index (χ4v) is 4.25. The van der Waals surface area contributed by atoms with Gasteiger partial charge in [0.1, 0.15) is 5.82 Å². The van der Waals surface area contributed by atoms with Crippen LogP contribution in [0.5, 0.6) is 5.75 Å². The highest BCUT2D eigenvalue weighted by Crippen LogP contribution is 2.33. The van der Waals surface area contributed by atoms with Crippen molar-refractivity contribution in [3.63, 3.8) is 0 Å². The van der Waals surface area contributed by atoms with Gasteiger partial charge in [0.25, 0.3) is 0 Å². The van der Waals surface area contributed by atoms with Gasteiger partial charge < -0.3 is 14.2 Å². The van der Waals surface area contributed by atoms with Crippen molar-refractivity contribution in [3.05, 3.63) is 89.8 Å². The summed E-state index contributed by atoms with van der Waals surface area (Å²) in [5.74, 6) is -2.52. The molecule has 0 radical (unpaired) electrons. The van der Waals surface area contributed by atoms with Crippen LogP contribution in [0, 0.1) is 17.5 Å². The molecule has 1 heterocycles. The van der Waals surface area contributed by atoms with E-state index in [9.17, 15) is 13.2 Å². The molecule has 0 unspecified atom stereocenters. The second kappa shape index (κ2) is 12.2. The molecule has 36 heavy (non-hydrogen) atoms. The molecule has 0 N–H and O–H groups in total. The van der Waals surface area contributed by atoms with E-state index in [0.717, 1.165) is 24.8 Å². The van der Waals surface area contributed by atoms with Crippen molar-refractivity contribution in [2.45, 2.75) is 45.3 Å². The van der Waals surface area contributed by atoms with E-state index < -0.39 is 11.6 Å². The second-order valence-electron chi connectivity index (χ2n) is 8.87. The van der Waals surface area contributed by atoms with Gasteiger partial charge in [-0.3, -0.25) is 0 Å². The molecular weight excluding hydrogens is 465 g/mol. The van der Waals surface area contributed by atoms with Crippen molar-refractivity contribution in [3.8, 4) is 28.0 Å². The van der Waals surface area contributed by atoms with Gasteiger partial charge in [-0.25, -0.2) is 8.78 Å². The second-order valence-corrected chi connectivity index (χ2v) is 8.87. The SMILES string of the molecule is CC=CC1OCC(c2ccc(-c3ccc(-c4ccc(OCCCCC)c(F)c4F)cc3)cc2F)CO1. The lowest BCUT2D eigenvalue weighted by Gasteiger charge is -2.28. The Bertz CT molecular complexity index is 1180. The fraction of sp³-hybridized carbons (Fsp3) is 0.333. The molecule has 1 fully saturated rings. The maximum absolute atomic E-state index is 14.9. The molecule has 0 spiro atoms. The zero-order valence-corrected chi connectivity index (χ0v) is 20.6. The van der Waals surface area contributed by atoms with E-state index in [-0.39, 0.29) is 29.3 Å². The average Bonchev–Trinajstić information content (AvgIpc) is 2.90. The highest BCUT2D eigenvalue weighted by Gasteiger charge is 2.24. The summed E-state index contributed by atoms with van der Waals surface area (Å²) in [5.41, 5.74) is 2.68. The summed E-state index contributed by atoms with van der Waals surface area (Å²) in [6.45, 7) is 5.06. The Morgan fingerprint density at radius 2 is 1.56 bits per heavy atom. The van der Waals surface area contributed by atoms with E-state index >= 15 is 0 Å². The van der Waals surface area contributed by atoms with E-state index in [1.165, 1.54) is 18.2 Å². The Balaban J connectivity index is 1.46. The molecule has 1 aliphatic heterocycles. The number of rotatable bonds is 9. The van der Waals surface area contributed by atoms with Crippen molar-refractivity contribution in [1.29, 1.82) is 0 Å². The van der Waals surface area contributed by atoms with Crippen molar-refractivity contribution < 1.29 is 27.4 Å². The third-order valence-corrected chi connectivity index (χ3v) is 6.29. The molecule has 3 nitrogen and oxygen atoms in total. The van der Waals surface area contributed by atoms with Gasteiger partial charge in [0.05, 0.1) is 19.8 Å². The molecule has 3 aromatic carbocycles. The van der Waals surface area contributed by atoms with Crippen LogP contribution in [0.1, 0.15) is 44.6 Å². The zero-order valence-electron chi connectivity index (χ0n) is 20.6. The van der Waals surface area contributed by atoms with Crippen LogP contribution >= 0.6 is 0 Å². The van der Waals surface area contributed by atoms with E-state index in [0.29, 0.717) is 36.5 Å². The first kappa shape index (κ1) is 26.0. The quantitative estimate of drug-likeness (QED) is 0.222. The van der Waals surface area contributed by atoms with Gasteiger partial charge in [0.15, 0.2) is 17.9 Å². The van der Waals surface area contributed by atoms with Crippen LogP contribution in [0.3, 0.4) is 0 Å². The molecule has 0 atom stereocenters. The minimum absolute atomic E-state index is 0.0781. The highest BCUT2D eigenvalue weighted by atomic mass is 19.2. The molecule has 1 saturated heterocycles. The predicted molar refractivity (Wildman–Crippen MR) is 135 cm³/mol. The lowest BCUT2D eigenvalue weighted by Crippen LogP contribution is -2.29. The van der Waals surface area contributed by atoms with E-state index in [2.05, 4.69) is 6.92 Å². The maximum Gasteiger partial charge on any atom is 0.201 e. The minimum Gasteiger partial charge on any atom is -0.490 e. The van der Waals surface area contributed by atoms with Crippen LogP contribution in [0.15, 0.2) is 66.7 Å². The molecule has 190 valence electrons. The maximum atomic E-state index is 14.9. The summed E-state index contributed by atoms with van der Waals surface area (Å²) in [7, 11) is 0. The van der Waals surface area contributed by atoms with Crippen LogP contribution in [-0.4, -0.2) is 26.1 Å². The summed E-state index contributed by atoms with van der Waals surface area (Å²) in [6.07, 6.45) is 6.07. The number of benzene rings is 3. The zero-order chi connectivity index (χ0) is 25.5. The molecule has 0 amide bonds. The summed E-state index contributed by atoms with van der Waals surface area (Å²) in [4.78, 5) is 0. The molecule has 3 aromatic rings. The summed E-state index contributed by atoms with van der Waals surface area (Å²) in [6, 6.07) is 15.0. The van der Waals surface area contributed by atoms with E-state index in [1.807, 2.05) is 25.1 Å². The monoisotopic (exact) mass is 496 g/mol. The Labute approximate surface area is 210 Å². The Morgan fingerprint density at radius 3 is 2.22 bits per heavy atom. The topological polar surface area (TPSA) is 27.7 Å². The third-order valence-electron chi connectivity index (χ3n) is 6.29. The number of hydrogen-bond donors (Lipinski definition) is 0. The molecular formula is C30H31F3O3. The number of halogens is 3. The summed E-state index contributed by atoms with van der Waals surface area (Å²) < 4.78 is 60.9. The van der Waals surface area contributed by atoms with Crippen LogP contribution in [0.25, 0.3) is 22.3 Å². The van der Waals surface area contributed by atoms with Crippen molar-refractivity contribution in [1.82, 2.24) is 0 Å². The lowest BCUT2D eigenvalue weighted by atomic mass is 9.95. The lowest BCUT2D eigenvalue weighted by molar-refractivity contribution is -0.159. The molecule has 0 aromatic heterocycles. The van der Waals surface area contributed by atoms with Gasteiger partial charge in [-0.05, 0) is 59.9 Å². The first-order chi connectivity index (χ1) is 17.5. The molecule has 0 bridgehead atoms. The Hall–Kier alpha value is -3.09. The summed E-state index contributed by atoms with van der Waals surface area (Å²) in [5, 5.41) is 0. The minimum atomic E-state index is -0.988. The molecule has 0 saturated carbocycles. The van der Waals surface area contributed by atoms with Gasteiger partial charge >= 0.3 is 0 Å². The van der Waals surface area contributed by atoms with E-state index in [4.69, 9.17) is 14.2 Å². The van der Waals surface area contributed by atoms with Gasteiger partial charge in [0.2, 0.25) is 5.82 Å². The summed E-state index contributed by atoms with van der Waals surface area (Å²) >= 11 is 0. The van der Waals surface area contributed by atoms with Crippen LogP contribution in [-0.2, 0) is 9.47 Å². The normalized spacial score (nSPS) is 18.0. The van der Waals surface area contributed by atoms with Crippen molar-refractivity contribution in [2.24, 2.45) is 0 Å². The number of unbranched alkanes of at least 4 members (excludes halogenated alkanes) is 2. The number of allylic oxidation sites excluding steroid dienone is 1. The largest absolute Gasteiger partial charge is 0.490 e. The van der Waals surface area contributed by atoms with Gasteiger partial charge in [-0.2, -0.15) is 4.39 Å². The van der Waals surface area contributed by atoms with Crippen LogP contribution < -0.4 is 4.74 Å². The molecule has 4 rings (SSSR count). The van der Waals surface area contributed by atoms with E-state index in [1.54, 1.807) is 30.3 Å². The number of hydrogen-bond acceptors (Lipinski definition) is 3. The first-order valence-corrected chi connectivity index (χ1v) is 12.4. The standard InChI is InChI=1S/C30H31F3O3/c1-3-5-6-16-34-27-15-14-25(29(32)30(27)33)21-10-8-20(9-11-21)22-12-13-24(26(31)17-22)23-18-35-28(7-4-2)36-19-23/h4,7-15,17,23,28H,3,5-6,16,18-19H2,1-2H3. The first-order valence-electron chi connectivity index (χ1n) is 12.4. The Kier molecular flexibility index (Phi) is 8.83. The fourth-order valence-electron chi connectivity index (χ4n) is 4.25. The molecule has 1 aliphatic rings.